The Balaban J connectivity index is 5.05. The average molecular weight is 332 g/mol. The third-order valence-electron chi connectivity index (χ3n) is 3.06. The van der Waals surface area contributed by atoms with Crippen molar-refractivity contribution in [3.63, 3.8) is 0 Å². The van der Waals surface area contributed by atoms with Gasteiger partial charge in [0.25, 0.3) is 10.1 Å². The van der Waals surface area contributed by atoms with Crippen molar-refractivity contribution in [2.24, 2.45) is 0 Å². The molecule has 0 aliphatic rings. The number of rotatable bonds is 9. The lowest BCUT2D eigenvalue weighted by Crippen LogP contribution is -2.52. The molecular weight excluding hydrogens is 308 g/mol. The van der Waals surface area contributed by atoms with Crippen LogP contribution in [0.5, 0.6) is 0 Å². The van der Waals surface area contributed by atoms with Crippen LogP contribution in [0, 0.1) is 0 Å². The van der Waals surface area contributed by atoms with E-state index in [9.17, 15) is 18.0 Å². The Morgan fingerprint density at radius 1 is 1.05 bits per heavy atom. The van der Waals surface area contributed by atoms with Crippen LogP contribution in [0.1, 0.15) is 33.6 Å². The zero-order valence-corrected chi connectivity index (χ0v) is 14.0. The minimum atomic E-state index is -4.28. The van der Waals surface area contributed by atoms with E-state index in [-0.39, 0.29) is 12.3 Å². The van der Waals surface area contributed by atoms with Gasteiger partial charge < -0.3 is 10.6 Å². The highest BCUT2D eigenvalue weighted by atomic mass is 32.2. The van der Waals surface area contributed by atoms with Crippen LogP contribution >= 0.6 is 0 Å². The summed E-state index contributed by atoms with van der Waals surface area (Å²) in [5, 5.41) is 5.22. The molecule has 0 aliphatic carbocycles. The second kappa shape index (κ2) is 7.55. The molecule has 2 amide bonds. The lowest BCUT2D eigenvalue weighted by molar-refractivity contribution is -0.119. The fourth-order valence-corrected chi connectivity index (χ4v) is 2.98. The molecule has 8 heteroatoms. The third-order valence-corrected chi connectivity index (χ3v) is 4.06. The van der Waals surface area contributed by atoms with E-state index in [1.807, 2.05) is 0 Å². The fraction of sp³-hybridized carbons (Fsp3) is 0.571. The summed E-state index contributed by atoms with van der Waals surface area (Å²) in [5.41, 5.74) is -1.82. The van der Waals surface area contributed by atoms with Crippen molar-refractivity contribution in [3.8, 4) is 0 Å². The molecule has 0 rings (SSSR count). The molecule has 0 aliphatic heterocycles. The maximum atomic E-state index is 11.5. The molecule has 3 N–H and O–H groups in total. The average Bonchev–Trinajstić information content (AvgIpc) is 2.33. The zero-order valence-electron chi connectivity index (χ0n) is 13.2. The highest BCUT2D eigenvalue weighted by molar-refractivity contribution is 7.85. The first-order chi connectivity index (χ1) is 9.82. The van der Waals surface area contributed by atoms with E-state index in [0.717, 1.165) is 12.2 Å². The first-order valence-electron chi connectivity index (χ1n) is 6.67. The number of nitrogens with one attached hydrogen (secondary N) is 2. The molecule has 1 atom stereocenters. The van der Waals surface area contributed by atoms with Crippen LogP contribution in [-0.2, 0) is 19.7 Å². The smallest absolute Gasteiger partial charge is 0.267 e. The maximum absolute atomic E-state index is 11.5. The predicted octanol–water partition coefficient (Wildman–Crippen LogP) is 0.796. The van der Waals surface area contributed by atoms with Gasteiger partial charge in [0, 0.05) is 5.54 Å². The first-order valence-corrected chi connectivity index (χ1v) is 8.28. The predicted molar refractivity (Wildman–Crippen MR) is 84.8 cm³/mol. The van der Waals surface area contributed by atoms with Crippen LogP contribution in [0.4, 0.5) is 0 Å². The summed E-state index contributed by atoms with van der Waals surface area (Å²) < 4.78 is 31.4. The standard InChI is InChI=1S/C14H24N2O5S/c1-6-11(17)15-13(3,4)8-9-14(5,10-22(19,20)21)16-12(18)7-2/h6-7H,1-2,8-10H2,3-5H3,(H,15,17)(H,16,18)(H,19,20,21). The molecule has 7 nitrogen and oxygen atoms in total. The van der Waals surface area contributed by atoms with E-state index >= 15 is 0 Å². The number of amides is 2. The summed E-state index contributed by atoms with van der Waals surface area (Å²) in [6.07, 6.45) is 2.75. The quantitative estimate of drug-likeness (QED) is 0.427. The summed E-state index contributed by atoms with van der Waals surface area (Å²) in [6, 6.07) is 0. The van der Waals surface area contributed by atoms with E-state index in [1.54, 1.807) is 13.8 Å². The van der Waals surface area contributed by atoms with Crippen LogP contribution in [0.2, 0.25) is 0 Å². The minimum Gasteiger partial charge on any atom is -0.348 e. The van der Waals surface area contributed by atoms with Crippen molar-refractivity contribution in [2.45, 2.75) is 44.7 Å². The molecule has 1 unspecified atom stereocenters. The van der Waals surface area contributed by atoms with Gasteiger partial charge in [-0.05, 0) is 45.8 Å². The van der Waals surface area contributed by atoms with Gasteiger partial charge in [0.15, 0.2) is 0 Å². The Labute approximate surface area is 131 Å². The van der Waals surface area contributed by atoms with Gasteiger partial charge in [-0.1, -0.05) is 13.2 Å². The molecule has 22 heavy (non-hydrogen) atoms. The third kappa shape index (κ3) is 8.58. The summed E-state index contributed by atoms with van der Waals surface area (Å²) in [6.45, 7) is 11.7. The Hall–Kier alpha value is -1.67. The lowest BCUT2D eigenvalue weighted by atomic mass is 9.89. The Morgan fingerprint density at radius 3 is 1.91 bits per heavy atom. The minimum absolute atomic E-state index is 0.219. The van der Waals surface area contributed by atoms with Gasteiger partial charge in [-0.3, -0.25) is 14.1 Å². The van der Waals surface area contributed by atoms with E-state index in [2.05, 4.69) is 23.8 Å². The van der Waals surface area contributed by atoms with Gasteiger partial charge in [0.1, 0.15) is 0 Å². The van der Waals surface area contributed by atoms with Gasteiger partial charge in [-0.15, -0.1) is 0 Å². The highest BCUT2D eigenvalue weighted by Crippen LogP contribution is 2.21. The van der Waals surface area contributed by atoms with E-state index in [0.29, 0.717) is 6.42 Å². The highest BCUT2D eigenvalue weighted by Gasteiger charge is 2.33. The second-order valence-corrected chi connectivity index (χ2v) is 7.51. The van der Waals surface area contributed by atoms with Gasteiger partial charge in [-0.2, -0.15) is 8.42 Å². The lowest BCUT2D eigenvalue weighted by Gasteiger charge is -2.34. The van der Waals surface area contributed by atoms with Crippen molar-refractivity contribution in [1.29, 1.82) is 0 Å². The van der Waals surface area contributed by atoms with Crippen molar-refractivity contribution >= 4 is 21.9 Å². The molecule has 0 fully saturated rings. The van der Waals surface area contributed by atoms with Gasteiger partial charge in [0.2, 0.25) is 11.8 Å². The molecule has 0 aromatic rings. The van der Waals surface area contributed by atoms with Crippen molar-refractivity contribution in [2.75, 3.05) is 5.75 Å². The Morgan fingerprint density at radius 2 is 1.50 bits per heavy atom. The molecule has 0 aromatic carbocycles. The second-order valence-electron chi connectivity index (χ2n) is 6.06. The molecule has 0 spiro atoms. The molecule has 0 aromatic heterocycles. The SMILES string of the molecule is C=CC(=O)NC(C)(C)CCC(C)(CS(=O)(=O)O)NC(=O)C=C. The van der Waals surface area contributed by atoms with Gasteiger partial charge in [0.05, 0.1) is 11.3 Å². The Kier molecular flexibility index (Phi) is 6.98. The van der Waals surface area contributed by atoms with Gasteiger partial charge in [-0.25, -0.2) is 0 Å². The topological polar surface area (TPSA) is 113 Å². The van der Waals surface area contributed by atoms with Crippen molar-refractivity contribution in [1.82, 2.24) is 10.6 Å². The van der Waals surface area contributed by atoms with E-state index in [1.165, 1.54) is 6.92 Å². The number of carbonyl (C=O) groups excluding carboxylic acids is 2. The molecule has 126 valence electrons. The van der Waals surface area contributed by atoms with E-state index < -0.39 is 32.9 Å². The molecule has 0 radical (unpaired) electrons. The summed E-state index contributed by atoms with van der Waals surface area (Å²) in [5.74, 6) is -1.53. The monoisotopic (exact) mass is 332 g/mol. The summed E-state index contributed by atoms with van der Waals surface area (Å²) in [4.78, 5) is 22.8. The summed E-state index contributed by atoms with van der Waals surface area (Å²) >= 11 is 0. The fourth-order valence-electron chi connectivity index (χ4n) is 1.96. The van der Waals surface area contributed by atoms with Crippen molar-refractivity contribution < 1.29 is 22.6 Å². The van der Waals surface area contributed by atoms with Crippen molar-refractivity contribution in [3.05, 3.63) is 25.3 Å². The summed E-state index contributed by atoms with van der Waals surface area (Å²) in [7, 11) is -4.28. The number of hydrogen-bond acceptors (Lipinski definition) is 4. The zero-order chi connectivity index (χ0) is 17.6. The molecular formula is C14H24N2O5S. The van der Waals surface area contributed by atoms with Crippen LogP contribution in [0.25, 0.3) is 0 Å². The normalized spacial score (nSPS) is 14.5. The number of carbonyl (C=O) groups is 2. The van der Waals surface area contributed by atoms with E-state index in [4.69, 9.17) is 4.55 Å². The Bertz CT molecular complexity index is 554. The molecule has 0 saturated carbocycles. The van der Waals surface area contributed by atoms with Crippen LogP contribution in [0.15, 0.2) is 25.3 Å². The molecule has 0 heterocycles. The maximum Gasteiger partial charge on any atom is 0.267 e. The molecule has 0 bridgehead atoms. The first kappa shape index (κ1) is 20.3. The van der Waals surface area contributed by atoms with Crippen LogP contribution in [-0.4, -0.2) is 41.6 Å². The number of hydrogen-bond donors (Lipinski definition) is 3. The van der Waals surface area contributed by atoms with Crippen LogP contribution < -0.4 is 10.6 Å². The molecule has 0 saturated heterocycles. The van der Waals surface area contributed by atoms with Gasteiger partial charge >= 0.3 is 0 Å². The largest absolute Gasteiger partial charge is 0.348 e. The van der Waals surface area contributed by atoms with Crippen LogP contribution in [0.3, 0.4) is 0 Å².